The Hall–Kier alpha value is -1.13. The third-order valence-corrected chi connectivity index (χ3v) is 3.90. The molecule has 1 aromatic carbocycles. The van der Waals surface area contributed by atoms with Crippen molar-refractivity contribution in [1.82, 2.24) is 5.32 Å². The lowest BCUT2D eigenvalue weighted by Crippen LogP contribution is -2.47. The highest BCUT2D eigenvalue weighted by Crippen LogP contribution is 2.27. The Bertz CT molecular complexity index is 452. The van der Waals surface area contributed by atoms with Crippen LogP contribution in [0.5, 0.6) is 0 Å². The van der Waals surface area contributed by atoms with Crippen molar-refractivity contribution in [2.45, 2.75) is 45.9 Å². The number of hydrogen-bond acceptors (Lipinski definition) is 3. The molecular weight excluding hydrogens is 255 g/mol. The molecule has 112 valence electrons. The maximum absolute atomic E-state index is 14.4. The number of hydrogen-bond donors (Lipinski definition) is 1. The van der Waals surface area contributed by atoms with Crippen LogP contribution in [0.4, 0.5) is 10.1 Å². The molecule has 0 spiro atoms. The van der Waals surface area contributed by atoms with Gasteiger partial charge in [0, 0.05) is 18.6 Å². The van der Waals surface area contributed by atoms with E-state index in [1.807, 2.05) is 19.1 Å². The lowest BCUT2D eigenvalue weighted by molar-refractivity contribution is 0.0341. The van der Waals surface area contributed by atoms with Crippen LogP contribution in [0.15, 0.2) is 18.2 Å². The summed E-state index contributed by atoms with van der Waals surface area (Å²) >= 11 is 0. The van der Waals surface area contributed by atoms with Gasteiger partial charge in [0.1, 0.15) is 5.82 Å². The van der Waals surface area contributed by atoms with Gasteiger partial charge in [0.25, 0.3) is 0 Å². The van der Waals surface area contributed by atoms with Crippen molar-refractivity contribution in [3.8, 4) is 0 Å². The number of halogens is 1. The Balaban J connectivity index is 2.20. The molecule has 1 aromatic rings. The average Bonchev–Trinajstić information content (AvgIpc) is 2.42. The molecule has 1 N–H and O–H groups in total. The summed E-state index contributed by atoms with van der Waals surface area (Å²) in [5.41, 5.74) is 1.67. The first-order chi connectivity index (χ1) is 9.52. The first-order valence-corrected chi connectivity index (χ1v) is 7.44. The molecule has 3 unspecified atom stereocenters. The summed E-state index contributed by atoms with van der Waals surface area (Å²) in [5.74, 6) is -0.145. The van der Waals surface area contributed by atoms with Gasteiger partial charge in [-0.25, -0.2) is 4.39 Å². The summed E-state index contributed by atoms with van der Waals surface area (Å²) in [4.78, 5) is 2.10. The van der Waals surface area contributed by atoms with Crippen LogP contribution in [0.3, 0.4) is 0 Å². The molecule has 0 aromatic heterocycles. The van der Waals surface area contributed by atoms with Crippen LogP contribution < -0.4 is 10.2 Å². The van der Waals surface area contributed by atoms with E-state index >= 15 is 0 Å². The Morgan fingerprint density at radius 2 is 2.20 bits per heavy atom. The molecule has 2 rings (SSSR count). The summed E-state index contributed by atoms with van der Waals surface area (Å²) in [5, 5.41) is 3.30. The molecule has 0 aliphatic carbocycles. The van der Waals surface area contributed by atoms with Crippen molar-refractivity contribution in [2.24, 2.45) is 0 Å². The first-order valence-electron chi connectivity index (χ1n) is 7.44. The summed E-state index contributed by atoms with van der Waals surface area (Å²) < 4.78 is 20.0. The van der Waals surface area contributed by atoms with Crippen molar-refractivity contribution >= 4 is 5.69 Å². The molecule has 1 aliphatic rings. The second-order valence-corrected chi connectivity index (χ2v) is 5.64. The average molecular weight is 280 g/mol. The minimum Gasteiger partial charge on any atom is -0.375 e. The van der Waals surface area contributed by atoms with E-state index in [1.54, 1.807) is 6.07 Å². The number of nitrogens with zero attached hydrogens (tertiary/aromatic N) is 1. The molecule has 1 saturated heterocycles. The fourth-order valence-corrected chi connectivity index (χ4v) is 2.69. The fourth-order valence-electron chi connectivity index (χ4n) is 2.69. The van der Waals surface area contributed by atoms with Crippen LogP contribution in [-0.4, -0.2) is 31.8 Å². The molecule has 3 atom stereocenters. The lowest BCUT2D eigenvalue weighted by Gasteiger charge is -2.38. The van der Waals surface area contributed by atoms with Crippen LogP contribution in [0.25, 0.3) is 0 Å². The second kappa shape index (κ2) is 6.55. The van der Waals surface area contributed by atoms with Crippen LogP contribution in [0.1, 0.15) is 39.3 Å². The zero-order valence-corrected chi connectivity index (χ0v) is 12.8. The van der Waals surface area contributed by atoms with E-state index in [1.165, 1.54) is 0 Å². The van der Waals surface area contributed by atoms with E-state index in [0.29, 0.717) is 12.3 Å². The van der Waals surface area contributed by atoms with Crippen molar-refractivity contribution in [1.29, 1.82) is 0 Å². The molecule has 4 heteroatoms. The molecule has 1 heterocycles. The number of ether oxygens (including phenoxy) is 1. The first kappa shape index (κ1) is 15.3. The third-order valence-electron chi connectivity index (χ3n) is 3.90. The predicted octanol–water partition coefficient (Wildman–Crippen LogP) is 3.11. The van der Waals surface area contributed by atoms with Gasteiger partial charge in [-0.1, -0.05) is 13.0 Å². The molecule has 0 saturated carbocycles. The third kappa shape index (κ3) is 3.30. The lowest BCUT2D eigenvalue weighted by atomic mass is 10.1. The molecule has 0 amide bonds. The summed E-state index contributed by atoms with van der Waals surface area (Å²) in [6, 6.07) is 5.93. The van der Waals surface area contributed by atoms with E-state index in [4.69, 9.17) is 4.74 Å². The second-order valence-electron chi connectivity index (χ2n) is 5.64. The van der Waals surface area contributed by atoms with Gasteiger partial charge >= 0.3 is 0 Å². The topological polar surface area (TPSA) is 24.5 Å². The molecule has 0 radical (unpaired) electrons. The van der Waals surface area contributed by atoms with Crippen LogP contribution in [0, 0.1) is 5.82 Å². The quantitative estimate of drug-likeness (QED) is 0.917. The minimum absolute atomic E-state index is 0.144. The molecule has 3 nitrogen and oxygen atoms in total. The SMILES string of the molecule is CCNC(C)c1ccc(N2CC(C)OCC2C)c(F)c1. The molecule has 1 aliphatic heterocycles. The zero-order chi connectivity index (χ0) is 14.7. The van der Waals surface area contributed by atoms with Gasteiger partial charge in [-0.3, -0.25) is 0 Å². The zero-order valence-electron chi connectivity index (χ0n) is 12.8. The highest BCUT2D eigenvalue weighted by Gasteiger charge is 2.25. The molecular formula is C16H25FN2O. The Labute approximate surface area is 121 Å². The maximum Gasteiger partial charge on any atom is 0.146 e. The minimum atomic E-state index is -0.145. The number of nitrogens with one attached hydrogen (secondary N) is 1. The van der Waals surface area contributed by atoms with Gasteiger partial charge < -0.3 is 15.0 Å². The largest absolute Gasteiger partial charge is 0.375 e. The highest BCUT2D eigenvalue weighted by atomic mass is 19.1. The van der Waals surface area contributed by atoms with E-state index < -0.39 is 0 Å². The van der Waals surface area contributed by atoms with E-state index in [0.717, 1.165) is 18.7 Å². The number of benzene rings is 1. The van der Waals surface area contributed by atoms with E-state index in [2.05, 4.69) is 31.0 Å². The van der Waals surface area contributed by atoms with Gasteiger partial charge in [0.15, 0.2) is 0 Å². The number of morpholine rings is 1. The summed E-state index contributed by atoms with van der Waals surface area (Å²) in [6.45, 7) is 10.5. The van der Waals surface area contributed by atoms with Gasteiger partial charge in [-0.15, -0.1) is 0 Å². The van der Waals surface area contributed by atoms with Crippen molar-refractivity contribution in [3.63, 3.8) is 0 Å². The molecule has 0 bridgehead atoms. The van der Waals surface area contributed by atoms with Crippen LogP contribution in [-0.2, 0) is 4.74 Å². The number of anilines is 1. The van der Waals surface area contributed by atoms with Crippen LogP contribution >= 0.6 is 0 Å². The van der Waals surface area contributed by atoms with Gasteiger partial charge in [-0.2, -0.15) is 0 Å². The van der Waals surface area contributed by atoms with E-state index in [-0.39, 0.29) is 24.0 Å². The molecule has 1 fully saturated rings. The normalized spacial score (nSPS) is 24.8. The maximum atomic E-state index is 14.4. The van der Waals surface area contributed by atoms with Gasteiger partial charge in [0.2, 0.25) is 0 Å². The Morgan fingerprint density at radius 1 is 1.45 bits per heavy atom. The summed E-state index contributed by atoms with van der Waals surface area (Å²) in [6.07, 6.45) is 0.144. The van der Waals surface area contributed by atoms with Crippen LogP contribution in [0.2, 0.25) is 0 Å². The predicted molar refractivity (Wildman–Crippen MR) is 80.7 cm³/mol. The summed E-state index contributed by atoms with van der Waals surface area (Å²) in [7, 11) is 0. The Morgan fingerprint density at radius 3 is 2.85 bits per heavy atom. The van der Waals surface area contributed by atoms with Crippen molar-refractivity contribution in [2.75, 3.05) is 24.6 Å². The van der Waals surface area contributed by atoms with Gasteiger partial charge in [-0.05, 0) is 45.0 Å². The van der Waals surface area contributed by atoms with Gasteiger partial charge in [0.05, 0.1) is 18.4 Å². The fraction of sp³-hybridized carbons (Fsp3) is 0.625. The number of rotatable bonds is 4. The highest BCUT2D eigenvalue weighted by molar-refractivity contribution is 5.51. The van der Waals surface area contributed by atoms with Crippen molar-refractivity contribution < 1.29 is 9.13 Å². The van der Waals surface area contributed by atoms with E-state index in [9.17, 15) is 4.39 Å². The monoisotopic (exact) mass is 280 g/mol. The standard InChI is InChI=1S/C16H25FN2O/c1-5-18-13(4)14-6-7-16(15(17)8-14)19-9-12(3)20-10-11(19)2/h6-8,11-13,18H,5,9-10H2,1-4H3. The molecule has 20 heavy (non-hydrogen) atoms. The Kier molecular flexibility index (Phi) is 5.00. The smallest absolute Gasteiger partial charge is 0.146 e. The van der Waals surface area contributed by atoms with Crippen molar-refractivity contribution in [3.05, 3.63) is 29.6 Å².